The zero-order valence-electron chi connectivity index (χ0n) is 9.70. The molecule has 1 unspecified atom stereocenters. The summed E-state index contributed by atoms with van der Waals surface area (Å²) in [5.41, 5.74) is 1.25. The highest BCUT2D eigenvalue weighted by Gasteiger charge is 2.26. The second kappa shape index (κ2) is 5.47. The maximum Gasteiger partial charge on any atom is 0.0956 e. The van der Waals surface area contributed by atoms with Crippen LogP contribution in [-0.4, -0.2) is 29.0 Å². The van der Waals surface area contributed by atoms with Crippen molar-refractivity contribution in [3.05, 3.63) is 30.1 Å². The Hall–Kier alpha value is -0.600. The van der Waals surface area contributed by atoms with E-state index in [4.69, 9.17) is 11.6 Å². The van der Waals surface area contributed by atoms with Crippen LogP contribution in [0.3, 0.4) is 0 Å². The van der Waals surface area contributed by atoms with E-state index in [0.29, 0.717) is 0 Å². The van der Waals surface area contributed by atoms with Crippen LogP contribution in [0.1, 0.15) is 25.3 Å². The van der Waals surface area contributed by atoms with Gasteiger partial charge in [0.15, 0.2) is 0 Å². The lowest BCUT2D eigenvalue weighted by atomic mass is 10.0. The number of pyridine rings is 1. The Morgan fingerprint density at radius 3 is 2.67 bits per heavy atom. The molecular weight excluding hydrogens is 208 g/mol. The molecule has 0 saturated heterocycles. The van der Waals surface area contributed by atoms with Crippen molar-refractivity contribution in [3.63, 3.8) is 0 Å². The molecule has 1 aromatic heterocycles. The van der Waals surface area contributed by atoms with Gasteiger partial charge in [0, 0.05) is 12.4 Å². The van der Waals surface area contributed by atoms with Gasteiger partial charge in [0.05, 0.1) is 5.00 Å². The summed E-state index contributed by atoms with van der Waals surface area (Å²) in [6, 6.07) is 4.06. The summed E-state index contributed by atoms with van der Waals surface area (Å²) in [5.74, 6) is 0. The van der Waals surface area contributed by atoms with Gasteiger partial charge in [-0.25, -0.2) is 0 Å². The zero-order valence-corrected chi connectivity index (χ0v) is 10.5. The molecule has 1 heterocycles. The molecule has 0 N–H and O–H groups in total. The number of aromatic nitrogens is 1. The molecule has 0 saturated carbocycles. The molecule has 0 aliphatic carbocycles. The molecule has 0 amide bonds. The Kier molecular flexibility index (Phi) is 4.55. The van der Waals surface area contributed by atoms with E-state index < -0.39 is 0 Å². The molecule has 2 nitrogen and oxygen atoms in total. The number of hydrogen-bond donors (Lipinski definition) is 0. The first-order valence-corrected chi connectivity index (χ1v) is 5.71. The lowest BCUT2D eigenvalue weighted by Gasteiger charge is -2.33. The standard InChI is InChI=1S/C12H19ClN2/c1-4-12(13,15(2)3)8-7-11-6-5-9-14-10-11/h5-6,9-10H,4,7-8H2,1-3H3. The molecule has 15 heavy (non-hydrogen) atoms. The van der Waals surface area contributed by atoms with Crippen molar-refractivity contribution in [2.75, 3.05) is 14.1 Å². The molecule has 0 aromatic carbocycles. The van der Waals surface area contributed by atoms with E-state index in [1.165, 1.54) is 5.56 Å². The third-order valence-electron chi connectivity index (χ3n) is 2.86. The average Bonchev–Trinajstić information content (AvgIpc) is 2.27. The molecule has 0 radical (unpaired) electrons. The van der Waals surface area contributed by atoms with Gasteiger partial charge in [0.25, 0.3) is 0 Å². The van der Waals surface area contributed by atoms with Crippen LogP contribution in [0.4, 0.5) is 0 Å². The zero-order chi connectivity index (χ0) is 11.3. The Morgan fingerprint density at radius 2 is 2.20 bits per heavy atom. The van der Waals surface area contributed by atoms with Gasteiger partial charge in [-0.15, -0.1) is 11.6 Å². The topological polar surface area (TPSA) is 16.1 Å². The summed E-state index contributed by atoms with van der Waals surface area (Å²) in [6.07, 6.45) is 6.57. The number of rotatable bonds is 5. The summed E-state index contributed by atoms with van der Waals surface area (Å²) in [6.45, 7) is 2.12. The fourth-order valence-electron chi connectivity index (χ4n) is 1.60. The molecule has 1 atom stereocenters. The Labute approximate surface area is 97.3 Å². The van der Waals surface area contributed by atoms with Gasteiger partial charge in [-0.3, -0.25) is 9.88 Å². The van der Waals surface area contributed by atoms with Crippen LogP contribution in [0.5, 0.6) is 0 Å². The first kappa shape index (κ1) is 12.5. The molecule has 0 bridgehead atoms. The maximum absolute atomic E-state index is 6.51. The van der Waals surface area contributed by atoms with E-state index in [0.717, 1.165) is 19.3 Å². The van der Waals surface area contributed by atoms with E-state index in [1.807, 2.05) is 26.4 Å². The second-order valence-electron chi connectivity index (χ2n) is 4.03. The molecule has 84 valence electrons. The van der Waals surface area contributed by atoms with Crippen LogP contribution in [-0.2, 0) is 6.42 Å². The number of halogens is 1. The Balaban J connectivity index is 2.55. The summed E-state index contributed by atoms with van der Waals surface area (Å²) in [7, 11) is 4.06. The lowest BCUT2D eigenvalue weighted by Crippen LogP contribution is -2.38. The summed E-state index contributed by atoms with van der Waals surface area (Å²) in [5, 5.41) is 0. The van der Waals surface area contributed by atoms with Gasteiger partial charge in [-0.05, 0) is 45.0 Å². The van der Waals surface area contributed by atoms with Gasteiger partial charge in [-0.1, -0.05) is 13.0 Å². The van der Waals surface area contributed by atoms with Crippen molar-refractivity contribution in [1.82, 2.24) is 9.88 Å². The van der Waals surface area contributed by atoms with Gasteiger partial charge >= 0.3 is 0 Å². The fourth-order valence-corrected chi connectivity index (χ4v) is 1.69. The smallest absolute Gasteiger partial charge is 0.0956 e. The fraction of sp³-hybridized carbons (Fsp3) is 0.583. The summed E-state index contributed by atoms with van der Waals surface area (Å²) < 4.78 is 0. The van der Waals surface area contributed by atoms with Crippen molar-refractivity contribution in [2.45, 2.75) is 31.2 Å². The predicted octanol–water partition coefficient (Wildman–Crippen LogP) is 2.92. The first-order chi connectivity index (χ1) is 7.08. The minimum absolute atomic E-state index is 0.226. The highest BCUT2D eigenvalue weighted by atomic mass is 35.5. The van der Waals surface area contributed by atoms with Crippen LogP contribution in [0.25, 0.3) is 0 Å². The molecule has 0 aliphatic rings. The highest BCUT2D eigenvalue weighted by Crippen LogP contribution is 2.27. The molecule has 1 rings (SSSR count). The van der Waals surface area contributed by atoms with E-state index >= 15 is 0 Å². The highest BCUT2D eigenvalue weighted by molar-refractivity contribution is 6.23. The van der Waals surface area contributed by atoms with Crippen LogP contribution in [0.2, 0.25) is 0 Å². The van der Waals surface area contributed by atoms with Gasteiger partial charge < -0.3 is 0 Å². The van der Waals surface area contributed by atoms with E-state index in [1.54, 1.807) is 6.20 Å². The Bertz CT molecular complexity index is 287. The summed E-state index contributed by atoms with van der Waals surface area (Å²) in [4.78, 5) is 5.96. The Morgan fingerprint density at radius 1 is 1.47 bits per heavy atom. The first-order valence-electron chi connectivity index (χ1n) is 5.34. The van der Waals surface area contributed by atoms with E-state index in [-0.39, 0.29) is 5.00 Å². The molecule has 1 aromatic rings. The van der Waals surface area contributed by atoms with Crippen molar-refractivity contribution in [2.24, 2.45) is 0 Å². The molecule has 0 spiro atoms. The SMILES string of the molecule is CCC(Cl)(CCc1cccnc1)N(C)C. The third kappa shape index (κ3) is 3.47. The molecule has 0 fully saturated rings. The van der Waals surface area contributed by atoms with E-state index in [2.05, 4.69) is 22.9 Å². The van der Waals surface area contributed by atoms with Gasteiger partial charge in [-0.2, -0.15) is 0 Å². The number of nitrogens with zero attached hydrogens (tertiary/aromatic N) is 2. The van der Waals surface area contributed by atoms with Crippen LogP contribution < -0.4 is 0 Å². The quantitative estimate of drug-likeness (QED) is 0.567. The van der Waals surface area contributed by atoms with Crippen LogP contribution in [0, 0.1) is 0 Å². The largest absolute Gasteiger partial charge is 0.291 e. The normalized spacial score (nSPS) is 15.3. The van der Waals surface area contributed by atoms with Gasteiger partial charge in [0.1, 0.15) is 0 Å². The van der Waals surface area contributed by atoms with Crippen LogP contribution in [0.15, 0.2) is 24.5 Å². The molecular formula is C12H19ClN2. The average molecular weight is 227 g/mol. The summed E-state index contributed by atoms with van der Waals surface area (Å²) >= 11 is 6.51. The minimum atomic E-state index is -0.226. The van der Waals surface area contributed by atoms with Crippen molar-refractivity contribution in [1.29, 1.82) is 0 Å². The molecule has 0 aliphatic heterocycles. The monoisotopic (exact) mass is 226 g/mol. The van der Waals surface area contributed by atoms with E-state index in [9.17, 15) is 0 Å². The maximum atomic E-state index is 6.51. The van der Waals surface area contributed by atoms with Gasteiger partial charge in [0.2, 0.25) is 0 Å². The number of alkyl halides is 1. The molecule has 3 heteroatoms. The second-order valence-corrected chi connectivity index (χ2v) is 4.73. The number of aryl methyl sites for hydroxylation is 1. The third-order valence-corrected chi connectivity index (χ3v) is 3.66. The van der Waals surface area contributed by atoms with Crippen LogP contribution >= 0.6 is 11.6 Å². The van der Waals surface area contributed by atoms with Crippen molar-refractivity contribution >= 4 is 11.6 Å². The number of hydrogen-bond acceptors (Lipinski definition) is 2. The van der Waals surface area contributed by atoms with Crippen molar-refractivity contribution < 1.29 is 0 Å². The van der Waals surface area contributed by atoms with Crippen molar-refractivity contribution in [3.8, 4) is 0 Å². The minimum Gasteiger partial charge on any atom is -0.291 e. The lowest BCUT2D eigenvalue weighted by molar-refractivity contribution is 0.226. The predicted molar refractivity (Wildman–Crippen MR) is 65.1 cm³/mol.